The minimum atomic E-state index is 0.670. The molecule has 0 aliphatic carbocycles. The average molecular weight is 194 g/mol. The zero-order chi connectivity index (χ0) is 9.52. The second-order valence-corrected chi connectivity index (χ2v) is 3.71. The topological polar surface area (TPSA) is 35.1 Å². The van der Waals surface area contributed by atoms with E-state index in [1.54, 1.807) is 18.7 Å². The fraction of sp³-hybridized carbons (Fsp3) is 0.200. The van der Waals surface area contributed by atoms with Gasteiger partial charge in [0.2, 0.25) is 0 Å². The lowest BCUT2D eigenvalue weighted by atomic mass is 10.4. The van der Waals surface area contributed by atoms with Crippen LogP contribution in [0.1, 0.15) is 6.92 Å². The van der Waals surface area contributed by atoms with E-state index in [-0.39, 0.29) is 0 Å². The number of allylic oxidation sites excluding steroid dienone is 1. The smallest absolute Gasteiger partial charge is 0.0180 e. The van der Waals surface area contributed by atoms with Crippen LogP contribution in [-0.4, -0.2) is 5.75 Å². The van der Waals surface area contributed by atoms with Gasteiger partial charge in [0.25, 0.3) is 0 Å². The Labute approximate surface area is 82.6 Å². The highest BCUT2D eigenvalue weighted by molar-refractivity contribution is 7.99. The van der Waals surface area contributed by atoms with Crippen LogP contribution < -0.4 is 5.48 Å². The minimum Gasteiger partial charge on any atom is -0.761 e. The molecule has 0 amide bonds. The normalized spacial score (nSPS) is 11.4. The molecule has 0 aliphatic heterocycles. The molecular formula is C10H12NOS-. The van der Waals surface area contributed by atoms with Crippen molar-refractivity contribution in [2.75, 3.05) is 5.75 Å². The summed E-state index contributed by atoms with van der Waals surface area (Å²) in [6, 6.07) is 10.1. The molecule has 3 heteroatoms. The Balaban J connectivity index is 2.36. The van der Waals surface area contributed by atoms with Gasteiger partial charge in [-0.15, -0.1) is 11.8 Å². The van der Waals surface area contributed by atoms with Crippen LogP contribution in [0.15, 0.2) is 47.0 Å². The lowest BCUT2D eigenvalue weighted by Gasteiger charge is -2.08. The molecule has 1 N–H and O–H groups in total. The van der Waals surface area contributed by atoms with Crippen LogP contribution >= 0.6 is 11.8 Å². The van der Waals surface area contributed by atoms with Crippen LogP contribution in [0.3, 0.4) is 0 Å². The maximum Gasteiger partial charge on any atom is 0.0180 e. The number of hydrogen-bond donors (Lipinski definition) is 1. The quantitative estimate of drug-likeness (QED) is 0.591. The van der Waals surface area contributed by atoms with E-state index >= 15 is 0 Å². The number of benzene rings is 1. The van der Waals surface area contributed by atoms with E-state index in [0.29, 0.717) is 5.70 Å². The van der Waals surface area contributed by atoms with Gasteiger partial charge < -0.3 is 10.7 Å². The van der Waals surface area contributed by atoms with E-state index in [9.17, 15) is 5.21 Å². The molecule has 0 saturated carbocycles. The predicted molar refractivity (Wildman–Crippen MR) is 57.4 cm³/mol. The second kappa shape index (κ2) is 5.67. The summed E-state index contributed by atoms with van der Waals surface area (Å²) in [5, 5.41) is 10.1. The molecular weight excluding hydrogens is 182 g/mol. The van der Waals surface area contributed by atoms with Crippen LogP contribution in [0.2, 0.25) is 0 Å². The molecule has 1 aromatic carbocycles. The molecule has 1 aromatic rings. The van der Waals surface area contributed by atoms with Crippen molar-refractivity contribution in [3.8, 4) is 0 Å². The first kappa shape index (κ1) is 10.2. The monoisotopic (exact) mass is 194 g/mol. The third kappa shape index (κ3) is 4.01. The number of hydrogen-bond acceptors (Lipinski definition) is 3. The van der Waals surface area contributed by atoms with Gasteiger partial charge in [0.15, 0.2) is 0 Å². The number of thioether (sulfide) groups is 1. The molecule has 0 heterocycles. The van der Waals surface area contributed by atoms with Gasteiger partial charge in [0, 0.05) is 10.6 Å². The third-order valence-electron chi connectivity index (χ3n) is 1.54. The molecule has 0 fully saturated rings. The largest absolute Gasteiger partial charge is 0.761 e. The van der Waals surface area contributed by atoms with E-state index in [1.165, 1.54) is 4.90 Å². The molecule has 0 unspecified atom stereocenters. The predicted octanol–water partition coefficient (Wildman–Crippen LogP) is 2.77. The van der Waals surface area contributed by atoms with Gasteiger partial charge in [0.05, 0.1) is 0 Å². The van der Waals surface area contributed by atoms with Gasteiger partial charge >= 0.3 is 0 Å². The second-order valence-electron chi connectivity index (χ2n) is 2.61. The summed E-state index contributed by atoms with van der Waals surface area (Å²) in [4.78, 5) is 1.22. The van der Waals surface area contributed by atoms with Gasteiger partial charge in [-0.05, 0) is 24.8 Å². The standard InChI is InChI=1S/C10H12NOS/c1-9(11-12)7-8-13-10-5-3-2-4-6-10/h2-7,11H,8H2,1H3/q-1. The Kier molecular flexibility index (Phi) is 4.43. The van der Waals surface area contributed by atoms with Crippen LogP contribution in [0.5, 0.6) is 0 Å². The number of nitrogens with one attached hydrogen (secondary N) is 1. The highest BCUT2D eigenvalue weighted by atomic mass is 32.2. The van der Waals surface area contributed by atoms with Crippen LogP contribution in [0.4, 0.5) is 0 Å². The molecule has 0 spiro atoms. The van der Waals surface area contributed by atoms with Gasteiger partial charge in [0.1, 0.15) is 0 Å². The molecule has 13 heavy (non-hydrogen) atoms. The van der Waals surface area contributed by atoms with Crippen molar-refractivity contribution >= 4 is 11.8 Å². The first-order valence-electron chi connectivity index (χ1n) is 4.05. The van der Waals surface area contributed by atoms with Crippen LogP contribution in [0.25, 0.3) is 0 Å². The maximum absolute atomic E-state index is 10.1. The molecule has 0 aliphatic rings. The van der Waals surface area contributed by atoms with E-state index in [1.807, 2.05) is 29.8 Å². The zero-order valence-corrected chi connectivity index (χ0v) is 8.30. The van der Waals surface area contributed by atoms with Crippen LogP contribution in [-0.2, 0) is 0 Å². The fourth-order valence-electron chi connectivity index (χ4n) is 0.821. The molecule has 0 radical (unpaired) electrons. The molecule has 0 saturated heterocycles. The van der Waals surface area contributed by atoms with Gasteiger partial charge in [-0.3, -0.25) is 0 Å². The fourth-order valence-corrected chi connectivity index (χ4v) is 1.70. The number of rotatable bonds is 4. The highest BCUT2D eigenvalue weighted by Crippen LogP contribution is 2.16. The summed E-state index contributed by atoms with van der Waals surface area (Å²) < 4.78 is 0. The van der Waals surface area contributed by atoms with E-state index in [4.69, 9.17) is 0 Å². The van der Waals surface area contributed by atoms with Gasteiger partial charge in [-0.2, -0.15) is 0 Å². The Morgan fingerprint density at radius 1 is 1.46 bits per heavy atom. The molecule has 0 aromatic heterocycles. The summed E-state index contributed by atoms with van der Waals surface area (Å²) in [5.41, 5.74) is 2.52. The van der Waals surface area contributed by atoms with E-state index in [0.717, 1.165) is 5.75 Å². The third-order valence-corrected chi connectivity index (χ3v) is 2.48. The van der Waals surface area contributed by atoms with Gasteiger partial charge in [-0.25, -0.2) is 0 Å². The molecule has 0 atom stereocenters. The molecule has 70 valence electrons. The summed E-state index contributed by atoms with van der Waals surface area (Å²) in [7, 11) is 0. The van der Waals surface area contributed by atoms with Crippen molar-refractivity contribution in [2.45, 2.75) is 11.8 Å². The molecule has 0 bridgehead atoms. The lowest BCUT2D eigenvalue weighted by Crippen LogP contribution is -1.98. The van der Waals surface area contributed by atoms with Crippen LogP contribution in [0, 0.1) is 5.21 Å². The van der Waals surface area contributed by atoms with E-state index in [2.05, 4.69) is 12.1 Å². The highest BCUT2D eigenvalue weighted by Gasteiger charge is 1.88. The number of hydroxylamine groups is 1. The minimum absolute atomic E-state index is 0.670. The first-order chi connectivity index (χ1) is 6.33. The lowest BCUT2D eigenvalue weighted by molar-refractivity contribution is 1.06. The summed E-state index contributed by atoms with van der Waals surface area (Å²) >= 11 is 1.71. The molecule has 2 nitrogen and oxygen atoms in total. The zero-order valence-electron chi connectivity index (χ0n) is 7.49. The average Bonchev–Trinajstić information content (AvgIpc) is 2.19. The van der Waals surface area contributed by atoms with Crippen molar-refractivity contribution in [3.05, 3.63) is 47.3 Å². The Bertz CT molecular complexity index is 272. The van der Waals surface area contributed by atoms with Crippen molar-refractivity contribution in [1.29, 1.82) is 0 Å². The Morgan fingerprint density at radius 3 is 2.77 bits per heavy atom. The summed E-state index contributed by atoms with van der Waals surface area (Å²) in [6.45, 7) is 1.76. The first-order valence-corrected chi connectivity index (χ1v) is 5.04. The van der Waals surface area contributed by atoms with Gasteiger partial charge in [-0.1, -0.05) is 24.3 Å². The van der Waals surface area contributed by atoms with Crippen molar-refractivity contribution in [3.63, 3.8) is 0 Å². The van der Waals surface area contributed by atoms with E-state index < -0.39 is 0 Å². The summed E-state index contributed by atoms with van der Waals surface area (Å²) in [6.07, 6.45) is 1.88. The van der Waals surface area contributed by atoms with Crippen molar-refractivity contribution in [2.24, 2.45) is 0 Å². The SMILES string of the molecule is CC(=CCSc1ccccc1)N[O-]. The summed E-state index contributed by atoms with van der Waals surface area (Å²) in [5.74, 6) is 0.824. The Hall–Kier alpha value is -0.930. The molecule has 1 rings (SSSR count). The van der Waals surface area contributed by atoms with Crippen molar-refractivity contribution < 1.29 is 0 Å². The van der Waals surface area contributed by atoms with Crippen molar-refractivity contribution in [1.82, 2.24) is 5.48 Å². The Morgan fingerprint density at radius 2 is 2.15 bits per heavy atom. The maximum atomic E-state index is 10.1.